The normalized spacial score (nSPS) is 22.1. The standard InChI is InChI=1S/C17H23N5O2.2ClH/c1-10(2)22-16-12(7-19-22)6-13(11(3)20-16)17(23)21-4-5-24-15-9-18-8-14(15)21;;/h6-7,10,14-15,18H,4-5,8-9H2,1-3H3;2*1H/t14-,15+;;/m1../s1. The number of rotatable bonds is 2. The molecular weight excluding hydrogens is 377 g/mol. The second kappa shape index (κ2) is 8.08. The topological polar surface area (TPSA) is 72.3 Å². The fraction of sp³-hybridized carbons (Fsp3) is 0.588. The van der Waals surface area contributed by atoms with Gasteiger partial charge in [0.2, 0.25) is 0 Å². The van der Waals surface area contributed by atoms with Crippen molar-refractivity contribution in [1.82, 2.24) is 25.0 Å². The van der Waals surface area contributed by atoms with Crippen LogP contribution in [-0.4, -0.2) is 64.0 Å². The summed E-state index contributed by atoms with van der Waals surface area (Å²) in [5, 5.41) is 8.62. The number of aryl methyl sites for hydroxylation is 1. The zero-order chi connectivity index (χ0) is 16.8. The van der Waals surface area contributed by atoms with E-state index in [2.05, 4.69) is 29.2 Å². The second-order valence-electron chi connectivity index (χ2n) is 6.85. The number of morpholine rings is 1. The van der Waals surface area contributed by atoms with Crippen LogP contribution in [0.2, 0.25) is 0 Å². The molecule has 7 nitrogen and oxygen atoms in total. The Balaban J connectivity index is 0.00000121. The molecule has 2 aliphatic heterocycles. The van der Waals surface area contributed by atoms with Crippen LogP contribution in [0.3, 0.4) is 0 Å². The minimum atomic E-state index is 0. The molecule has 4 rings (SSSR count). The predicted octanol–water partition coefficient (Wildman–Crippen LogP) is 1.98. The molecule has 0 radical (unpaired) electrons. The first-order valence-corrected chi connectivity index (χ1v) is 8.54. The summed E-state index contributed by atoms with van der Waals surface area (Å²) in [6.45, 7) is 8.86. The van der Waals surface area contributed by atoms with Crippen molar-refractivity contribution in [3.05, 3.63) is 23.5 Å². The number of amides is 1. The Kier molecular flexibility index (Phi) is 6.50. The lowest BCUT2D eigenvalue weighted by Crippen LogP contribution is -2.53. The minimum Gasteiger partial charge on any atom is -0.373 e. The largest absolute Gasteiger partial charge is 0.373 e. The number of carbonyl (C=O) groups excluding carboxylic acids is 1. The maximum atomic E-state index is 13.1. The van der Waals surface area contributed by atoms with E-state index in [0.29, 0.717) is 18.7 Å². The average Bonchev–Trinajstić information content (AvgIpc) is 3.19. The van der Waals surface area contributed by atoms with Gasteiger partial charge in [-0.3, -0.25) is 4.79 Å². The molecule has 0 unspecified atom stereocenters. The van der Waals surface area contributed by atoms with Gasteiger partial charge in [-0.05, 0) is 26.8 Å². The van der Waals surface area contributed by atoms with Gasteiger partial charge >= 0.3 is 0 Å². The van der Waals surface area contributed by atoms with E-state index in [1.54, 1.807) is 6.20 Å². The lowest BCUT2D eigenvalue weighted by atomic mass is 10.1. The van der Waals surface area contributed by atoms with Gasteiger partial charge in [-0.1, -0.05) is 0 Å². The number of nitrogens with zero attached hydrogens (tertiary/aromatic N) is 4. The molecule has 144 valence electrons. The maximum absolute atomic E-state index is 13.1. The molecule has 2 aromatic heterocycles. The number of nitrogens with one attached hydrogen (secondary N) is 1. The summed E-state index contributed by atoms with van der Waals surface area (Å²) >= 11 is 0. The van der Waals surface area contributed by atoms with E-state index < -0.39 is 0 Å². The van der Waals surface area contributed by atoms with Gasteiger partial charge in [0.05, 0.1) is 36.2 Å². The molecule has 0 saturated carbocycles. The molecular formula is C17H25Cl2N5O2. The van der Waals surface area contributed by atoms with Crippen molar-refractivity contribution in [2.24, 2.45) is 0 Å². The van der Waals surface area contributed by atoms with Crippen molar-refractivity contribution in [3.8, 4) is 0 Å². The fourth-order valence-corrected chi connectivity index (χ4v) is 3.66. The van der Waals surface area contributed by atoms with Gasteiger partial charge in [-0.25, -0.2) is 9.67 Å². The molecule has 0 bridgehead atoms. The maximum Gasteiger partial charge on any atom is 0.256 e. The summed E-state index contributed by atoms with van der Waals surface area (Å²) in [7, 11) is 0. The van der Waals surface area contributed by atoms with Crippen LogP contribution in [0, 0.1) is 6.92 Å². The van der Waals surface area contributed by atoms with E-state index in [0.717, 1.165) is 29.8 Å². The third-order valence-electron chi connectivity index (χ3n) is 4.93. The smallest absolute Gasteiger partial charge is 0.256 e. The quantitative estimate of drug-likeness (QED) is 0.832. The summed E-state index contributed by atoms with van der Waals surface area (Å²) in [5.74, 6) is 0.0428. The number of pyridine rings is 1. The Labute approximate surface area is 165 Å². The van der Waals surface area contributed by atoms with Gasteiger partial charge < -0.3 is 15.0 Å². The Hall–Kier alpha value is -1.41. The van der Waals surface area contributed by atoms with Crippen molar-refractivity contribution in [3.63, 3.8) is 0 Å². The molecule has 0 spiro atoms. The zero-order valence-electron chi connectivity index (χ0n) is 15.1. The van der Waals surface area contributed by atoms with Crippen molar-refractivity contribution in [2.75, 3.05) is 26.2 Å². The molecule has 26 heavy (non-hydrogen) atoms. The molecule has 2 atom stereocenters. The second-order valence-corrected chi connectivity index (χ2v) is 6.85. The number of carbonyl (C=O) groups is 1. The Morgan fingerprint density at radius 1 is 1.35 bits per heavy atom. The van der Waals surface area contributed by atoms with Gasteiger partial charge in [0, 0.05) is 31.1 Å². The Morgan fingerprint density at radius 2 is 2.12 bits per heavy atom. The fourth-order valence-electron chi connectivity index (χ4n) is 3.66. The van der Waals surface area contributed by atoms with Gasteiger partial charge in [0.15, 0.2) is 5.65 Å². The molecule has 1 N–H and O–H groups in total. The molecule has 0 aromatic carbocycles. The van der Waals surface area contributed by atoms with Crippen molar-refractivity contribution in [2.45, 2.75) is 39.0 Å². The summed E-state index contributed by atoms with van der Waals surface area (Å²) in [6.07, 6.45) is 1.89. The van der Waals surface area contributed by atoms with E-state index in [1.807, 2.05) is 22.6 Å². The van der Waals surface area contributed by atoms with Gasteiger partial charge in [-0.2, -0.15) is 5.10 Å². The summed E-state index contributed by atoms with van der Waals surface area (Å²) in [5.41, 5.74) is 2.25. The molecule has 1 amide bonds. The van der Waals surface area contributed by atoms with E-state index in [4.69, 9.17) is 4.74 Å². The first-order valence-electron chi connectivity index (χ1n) is 8.54. The molecule has 2 saturated heterocycles. The lowest BCUT2D eigenvalue weighted by molar-refractivity contribution is -0.0365. The highest BCUT2D eigenvalue weighted by Gasteiger charge is 2.39. The molecule has 2 aromatic rings. The Morgan fingerprint density at radius 3 is 2.85 bits per heavy atom. The molecule has 0 aliphatic carbocycles. The number of hydrogen-bond donors (Lipinski definition) is 1. The van der Waals surface area contributed by atoms with E-state index >= 15 is 0 Å². The third kappa shape index (κ3) is 3.41. The average molecular weight is 402 g/mol. The van der Waals surface area contributed by atoms with Crippen molar-refractivity contribution >= 4 is 41.8 Å². The number of ether oxygens (including phenoxy) is 1. The third-order valence-corrected chi connectivity index (χ3v) is 4.93. The first kappa shape index (κ1) is 20.9. The van der Waals surface area contributed by atoms with Crippen molar-refractivity contribution < 1.29 is 9.53 Å². The minimum absolute atomic E-state index is 0. The van der Waals surface area contributed by atoms with E-state index in [-0.39, 0.29) is 48.9 Å². The van der Waals surface area contributed by atoms with Gasteiger partial charge in [0.25, 0.3) is 5.91 Å². The number of halogens is 2. The summed E-state index contributed by atoms with van der Waals surface area (Å²) in [4.78, 5) is 19.7. The van der Waals surface area contributed by atoms with Gasteiger partial charge in [-0.15, -0.1) is 24.8 Å². The first-order chi connectivity index (χ1) is 11.6. The van der Waals surface area contributed by atoms with E-state index in [9.17, 15) is 4.79 Å². The van der Waals surface area contributed by atoms with E-state index in [1.165, 1.54) is 0 Å². The number of fused-ring (bicyclic) bond motifs is 2. The highest BCUT2D eigenvalue weighted by atomic mass is 35.5. The molecule has 2 fully saturated rings. The van der Waals surface area contributed by atoms with Crippen LogP contribution in [0.5, 0.6) is 0 Å². The molecule has 4 heterocycles. The van der Waals surface area contributed by atoms with Crippen molar-refractivity contribution in [1.29, 1.82) is 0 Å². The van der Waals surface area contributed by atoms with Crippen LogP contribution in [0.1, 0.15) is 35.9 Å². The van der Waals surface area contributed by atoms with Gasteiger partial charge in [0.1, 0.15) is 0 Å². The lowest BCUT2D eigenvalue weighted by Gasteiger charge is -2.37. The zero-order valence-corrected chi connectivity index (χ0v) is 16.8. The van der Waals surface area contributed by atoms with Crippen LogP contribution < -0.4 is 5.32 Å². The highest BCUT2D eigenvalue weighted by Crippen LogP contribution is 2.24. The molecule has 9 heteroatoms. The highest BCUT2D eigenvalue weighted by molar-refractivity contribution is 5.98. The SMILES string of the molecule is Cc1nc2c(cnn2C(C)C)cc1C(=O)N1CCO[C@H]2CNC[C@H]21.Cl.Cl. The number of hydrogen-bond acceptors (Lipinski definition) is 5. The monoisotopic (exact) mass is 401 g/mol. The van der Waals surface area contributed by atoms with Crippen LogP contribution in [0.4, 0.5) is 0 Å². The van der Waals surface area contributed by atoms with Crippen LogP contribution in [-0.2, 0) is 4.74 Å². The van der Waals surface area contributed by atoms with Crippen LogP contribution in [0.15, 0.2) is 12.3 Å². The number of aromatic nitrogens is 3. The summed E-state index contributed by atoms with van der Waals surface area (Å²) in [6, 6.07) is 2.28. The summed E-state index contributed by atoms with van der Waals surface area (Å²) < 4.78 is 7.65. The molecule has 2 aliphatic rings. The Bertz CT molecular complexity index is 795. The predicted molar refractivity (Wildman–Crippen MR) is 105 cm³/mol. The van der Waals surface area contributed by atoms with Crippen LogP contribution in [0.25, 0.3) is 11.0 Å². The van der Waals surface area contributed by atoms with Crippen LogP contribution >= 0.6 is 24.8 Å².